The van der Waals surface area contributed by atoms with Crippen molar-refractivity contribution in [3.05, 3.63) is 215 Å². The quantitative estimate of drug-likeness (QED) is 0.172. The number of allylic oxidation sites excluding steroid dienone is 4. The molecule has 3 aliphatic carbocycles. The second-order valence-corrected chi connectivity index (χ2v) is 16.5. The second-order valence-electron chi connectivity index (χ2n) is 15.5. The van der Waals surface area contributed by atoms with Gasteiger partial charge in [0, 0.05) is 32.1 Å². The summed E-state index contributed by atoms with van der Waals surface area (Å²) in [6.07, 6.45) is 6.97. The predicted molar refractivity (Wildman–Crippen MR) is 230 cm³/mol. The zero-order valence-corrected chi connectivity index (χ0v) is 31.3. The lowest BCUT2D eigenvalue weighted by Gasteiger charge is -2.36. The van der Waals surface area contributed by atoms with Crippen LogP contribution in [0.4, 0.5) is 17.1 Å². The van der Waals surface area contributed by atoms with Crippen molar-refractivity contribution in [1.29, 1.82) is 0 Å². The van der Waals surface area contributed by atoms with Gasteiger partial charge in [-0.2, -0.15) is 0 Å². The van der Waals surface area contributed by atoms with Gasteiger partial charge < -0.3 is 4.90 Å². The zero-order valence-electron chi connectivity index (χ0n) is 30.5. The number of benzene rings is 7. The summed E-state index contributed by atoms with van der Waals surface area (Å²) in [5.74, 6) is 0. The summed E-state index contributed by atoms with van der Waals surface area (Å²) < 4.78 is 2.61. The van der Waals surface area contributed by atoms with Gasteiger partial charge in [0.2, 0.25) is 0 Å². The van der Waals surface area contributed by atoms with E-state index in [-0.39, 0.29) is 5.41 Å². The molecule has 54 heavy (non-hydrogen) atoms. The fraction of sp³-hybridized carbons (Fsp3) is 0.115. The van der Waals surface area contributed by atoms with Crippen LogP contribution >= 0.6 is 11.3 Å². The molecule has 1 atom stereocenters. The first-order valence-electron chi connectivity index (χ1n) is 19.2. The van der Waals surface area contributed by atoms with Crippen molar-refractivity contribution in [3.8, 4) is 11.1 Å². The van der Waals surface area contributed by atoms with Gasteiger partial charge in [-0.25, -0.2) is 0 Å². The predicted octanol–water partition coefficient (Wildman–Crippen LogP) is 14.3. The zero-order chi connectivity index (χ0) is 36.0. The molecule has 1 aromatic heterocycles. The Bertz CT molecular complexity index is 2850. The molecule has 0 spiro atoms. The maximum Gasteiger partial charge on any atom is 0.0716 e. The first kappa shape index (κ1) is 31.6. The Morgan fingerprint density at radius 1 is 0.556 bits per heavy atom. The lowest BCUT2D eigenvalue weighted by molar-refractivity contribution is 0.660. The van der Waals surface area contributed by atoms with Gasteiger partial charge in [-0.15, -0.1) is 11.3 Å². The highest BCUT2D eigenvalue weighted by Crippen LogP contribution is 2.60. The van der Waals surface area contributed by atoms with Gasteiger partial charge in [0.1, 0.15) is 0 Å². The minimum atomic E-state index is -0.428. The monoisotopic (exact) mass is 709 g/mol. The number of anilines is 3. The summed E-state index contributed by atoms with van der Waals surface area (Å²) in [5.41, 5.74) is 16.9. The van der Waals surface area contributed by atoms with E-state index < -0.39 is 5.41 Å². The minimum Gasteiger partial charge on any atom is -0.308 e. The summed E-state index contributed by atoms with van der Waals surface area (Å²) in [7, 11) is 0. The molecule has 0 saturated carbocycles. The maximum atomic E-state index is 2.52. The molecule has 3 aliphatic rings. The van der Waals surface area contributed by atoms with Crippen LogP contribution in [0, 0.1) is 0 Å². The summed E-state index contributed by atoms with van der Waals surface area (Å²) in [6.45, 7) is 4.74. The number of hydrogen-bond acceptors (Lipinski definition) is 2. The smallest absolute Gasteiger partial charge is 0.0716 e. The van der Waals surface area contributed by atoms with E-state index in [0.29, 0.717) is 0 Å². The number of fused-ring (bicyclic) bond motifs is 8. The molecular weight excluding hydrogens is 671 g/mol. The summed E-state index contributed by atoms with van der Waals surface area (Å²) >= 11 is 1.93. The van der Waals surface area contributed by atoms with Crippen LogP contribution in [0.5, 0.6) is 0 Å². The first-order valence-corrected chi connectivity index (χ1v) is 20.0. The topological polar surface area (TPSA) is 3.24 Å². The minimum absolute atomic E-state index is 0.0900. The van der Waals surface area contributed by atoms with E-state index in [2.05, 4.69) is 195 Å². The molecule has 0 N–H and O–H groups in total. The van der Waals surface area contributed by atoms with Crippen LogP contribution in [0.1, 0.15) is 60.1 Å². The summed E-state index contributed by atoms with van der Waals surface area (Å²) in [6, 6.07) is 61.4. The van der Waals surface area contributed by atoms with Gasteiger partial charge in [-0.3, -0.25) is 0 Å². The molecule has 0 amide bonds. The number of para-hydroxylation sites is 1. The van der Waals surface area contributed by atoms with Gasteiger partial charge in [0.05, 0.1) is 21.5 Å². The molecule has 0 fully saturated rings. The Morgan fingerprint density at radius 3 is 2.04 bits per heavy atom. The summed E-state index contributed by atoms with van der Waals surface area (Å²) in [4.78, 5) is 2.52. The van der Waals surface area contributed by atoms with Gasteiger partial charge >= 0.3 is 0 Å². The van der Waals surface area contributed by atoms with E-state index in [1.807, 2.05) is 11.3 Å². The third-order valence-electron chi connectivity index (χ3n) is 12.4. The van der Waals surface area contributed by atoms with Crippen LogP contribution in [0.2, 0.25) is 0 Å². The molecule has 8 aromatic rings. The Labute approximate surface area is 321 Å². The van der Waals surface area contributed by atoms with Crippen molar-refractivity contribution < 1.29 is 0 Å². The second kappa shape index (κ2) is 11.8. The number of hydrogen-bond donors (Lipinski definition) is 0. The highest BCUT2D eigenvalue weighted by molar-refractivity contribution is 7.26. The number of rotatable bonds is 5. The average molecular weight is 710 g/mol. The van der Waals surface area contributed by atoms with Gasteiger partial charge in [0.15, 0.2) is 0 Å². The molecule has 258 valence electrons. The van der Waals surface area contributed by atoms with E-state index in [0.717, 1.165) is 18.5 Å². The number of nitrogens with zero attached hydrogens (tertiary/aromatic N) is 1. The van der Waals surface area contributed by atoms with E-state index in [1.54, 1.807) is 0 Å². The van der Waals surface area contributed by atoms with E-state index in [4.69, 9.17) is 0 Å². The van der Waals surface area contributed by atoms with E-state index >= 15 is 0 Å². The number of thiophene rings is 1. The van der Waals surface area contributed by atoms with E-state index in [1.165, 1.54) is 87.2 Å². The van der Waals surface area contributed by atoms with Crippen molar-refractivity contribution in [2.45, 2.75) is 37.5 Å². The van der Waals surface area contributed by atoms with Crippen molar-refractivity contribution in [2.75, 3.05) is 4.90 Å². The molecule has 0 bridgehead atoms. The third kappa shape index (κ3) is 4.20. The molecule has 0 aliphatic heterocycles. The van der Waals surface area contributed by atoms with Crippen molar-refractivity contribution in [1.82, 2.24) is 0 Å². The average Bonchev–Trinajstić information content (AvgIpc) is 3.84. The first-order chi connectivity index (χ1) is 26.6. The fourth-order valence-corrected chi connectivity index (χ4v) is 11.4. The molecule has 0 radical (unpaired) electrons. The van der Waals surface area contributed by atoms with Crippen LogP contribution < -0.4 is 4.90 Å². The van der Waals surface area contributed by atoms with Crippen LogP contribution in [0.3, 0.4) is 0 Å². The normalized spacial score (nSPS) is 17.7. The SMILES string of the molecule is CC1(C)c2ccccc2-c2c(N(c3ccccc3)c3cccc4c3sc3cccc(C5(c6ccccc6)C6=C(CCC=C6)c6ccccc65)c34)cccc21. The lowest BCUT2D eigenvalue weighted by Crippen LogP contribution is -2.29. The largest absolute Gasteiger partial charge is 0.308 e. The van der Waals surface area contributed by atoms with Crippen LogP contribution in [0.25, 0.3) is 36.9 Å². The molecule has 11 rings (SSSR count). The van der Waals surface area contributed by atoms with Crippen LogP contribution in [-0.4, -0.2) is 0 Å². The Kier molecular flexibility index (Phi) is 6.88. The Balaban J connectivity index is 1.22. The Morgan fingerprint density at radius 2 is 1.20 bits per heavy atom. The molecule has 2 heteroatoms. The summed E-state index contributed by atoms with van der Waals surface area (Å²) in [5, 5.41) is 2.66. The molecule has 1 heterocycles. The highest BCUT2D eigenvalue weighted by Gasteiger charge is 2.48. The van der Waals surface area contributed by atoms with Crippen LogP contribution in [0.15, 0.2) is 182 Å². The van der Waals surface area contributed by atoms with Gasteiger partial charge in [0.25, 0.3) is 0 Å². The molecule has 1 unspecified atom stereocenters. The fourth-order valence-electron chi connectivity index (χ4n) is 10.2. The van der Waals surface area contributed by atoms with Crippen molar-refractivity contribution in [3.63, 3.8) is 0 Å². The lowest BCUT2D eigenvalue weighted by atomic mass is 9.65. The molecular formula is C52H39NS. The molecule has 0 saturated heterocycles. The van der Waals surface area contributed by atoms with Gasteiger partial charge in [-0.1, -0.05) is 159 Å². The van der Waals surface area contributed by atoms with Gasteiger partial charge in [-0.05, 0) is 93.3 Å². The Hall–Kier alpha value is -5.96. The van der Waals surface area contributed by atoms with E-state index in [9.17, 15) is 0 Å². The molecule has 1 nitrogen and oxygen atoms in total. The highest BCUT2D eigenvalue weighted by atomic mass is 32.1. The van der Waals surface area contributed by atoms with Crippen molar-refractivity contribution >= 4 is 54.1 Å². The van der Waals surface area contributed by atoms with Crippen molar-refractivity contribution in [2.24, 2.45) is 0 Å². The maximum absolute atomic E-state index is 2.52. The standard InChI is InChI=1S/C52H39NS/c1-51(2)40-26-12-11-24-38(40)48-43(51)29-16-31-45(48)53(35-20-7-4-8-21-35)46-32-15-25-39-49-44(30-17-33-47(49)54-50(39)46)52(34-18-5-3-6-19-34)41-27-13-9-22-36(41)37-23-10-14-28-42(37)52/h3-9,11-22,24-33H,10,23H2,1-2H3. The van der Waals surface area contributed by atoms with Crippen LogP contribution in [-0.2, 0) is 10.8 Å². The molecule has 7 aromatic carbocycles. The third-order valence-corrected chi connectivity index (χ3v) is 13.6.